The molecule has 2 aromatic rings. The molecule has 26 heavy (non-hydrogen) atoms. The number of nitrogens with one attached hydrogen (secondary N) is 1. The topological polar surface area (TPSA) is 54.9 Å². The lowest BCUT2D eigenvalue weighted by Crippen LogP contribution is -2.53. The SMILES string of the molecule is O=C(CC12CC3CC(CC(Br)(C3)C1)C2)Nc1nc(-c2ccccn2)cs1. The number of alkyl halides is 1. The smallest absolute Gasteiger partial charge is 0.226 e. The highest BCUT2D eigenvalue weighted by Gasteiger charge is 2.57. The molecule has 0 radical (unpaired) electrons. The van der Waals surface area contributed by atoms with Crippen LogP contribution in [0, 0.1) is 17.3 Å². The molecular weight excluding hydrogens is 410 g/mol. The van der Waals surface area contributed by atoms with Gasteiger partial charge in [0.25, 0.3) is 0 Å². The summed E-state index contributed by atoms with van der Waals surface area (Å²) in [6.07, 6.45) is 9.96. The zero-order chi connectivity index (χ0) is 17.8. The quantitative estimate of drug-likeness (QED) is 0.670. The van der Waals surface area contributed by atoms with Crippen molar-refractivity contribution in [3.8, 4) is 11.4 Å². The van der Waals surface area contributed by atoms with Gasteiger partial charge in [-0.15, -0.1) is 11.3 Å². The second kappa shape index (κ2) is 6.13. The molecule has 4 nitrogen and oxygen atoms in total. The summed E-state index contributed by atoms with van der Waals surface area (Å²) in [6, 6.07) is 5.77. The fourth-order valence-corrected chi connectivity index (χ4v) is 8.24. The summed E-state index contributed by atoms with van der Waals surface area (Å²) in [5.74, 6) is 1.73. The average Bonchev–Trinajstić information content (AvgIpc) is 3.01. The number of carbonyl (C=O) groups excluding carboxylic acids is 1. The van der Waals surface area contributed by atoms with Crippen LogP contribution in [0.4, 0.5) is 5.13 Å². The van der Waals surface area contributed by atoms with Crippen molar-refractivity contribution < 1.29 is 4.79 Å². The molecule has 1 N–H and O–H groups in total. The lowest BCUT2D eigenvalue weighted by molar-refractivity contribution is -0.123. The maximum atomic E-state index is 12.8. The van der Waals surface area contributed by atoms with Crippen molar-refractivity contribution in [3.63, 3.8) is 0 Å². The molecule has 4 saturated carbocycles. The minimum absolute atomic E-state index is 0.116. The van der Waals surface area contributed by atoms with Crippen molar-refractivity contribution >= 4 is 38.3 Å². The molecule has 0 saturated heterocycles. The van der Waals surface area contributed by atoms with Gasteiger partial charge in [-0.2, -0.15) is 0 Å². The number of anilines is 1. The average molecular weight is 432 g/mol. The van der Waals surface area contributed by atoms with Crippen LogP contribution in [0.1, 0.15) is 44.9 Å². The lowest BCUT2D eigenvalue weighted by atomic mass is 9.48. The van der Waals surface area contributed by atoms with E-state index >= 15 is 0 Å². The van der Waals surface area contributed by atoms with Crippen LogP contribution in [0.3, 0.4) is 0 Å². The van der Waals surface area contributed by atoms with E-state index in [1.807, 2.05) is 23.6 Å². The monoisotopic (exact) mass is 431 g/mol. The second-order valence-electron chi connectivity index (χ2n) is 8.59. The van der Waals surface area contributed by atoms with Crippen molar-refractivity contribution in [1.82, 2.24) is 9.97 Å². The molecule has 2 heterocycles. The van der Waals surface area contributed by atoms with Crippen molar-refractivity contribution in [2.45, 2.75) is 49.3 Å². The number of aromatic nitrogens is 2. The van der Waals surface area contributed by atoms with Gasteiger partial charge in [0.15, 0.2) is 5.13 Å². The third kappa shape index (κ3) is 3.11. The summed E-state index contributed by atoms with van der Waals surface area (Å²) < 4.78 is 0.296. The summed E-state index contributed by atoms with van der Waals surface area (Å²) in [6.45, 7) is 0. The van der Waals surface area contributed by atoms with Crippen molar-refractivity contribution in [1.29, 1.82) is 0 Å². The van der Waals surface area contributed by atoms with Crippen LogP contribution in [0.2, 0.25) is 0 Å². The van der Waals surface area contributed by atoms with Crippen LogP contribution in [0.5, 0.6) is 0 Å². The van der Waals surface area contributed by atoms with Gasteiger partial charge in [0.2, 0.25) is 5.91 Å². The minimum atomic E-state index is 0.116. The molecule has 136 valence electrons. The molecule has 4 fully saturated rings. The molecule has 0 aliphatic heterocycles. The second-order valence-corrected chi connectivity index (χ2v) is 11.1. The van der Waals surface area contributed by atoms with Gasteiger partial charge in [0.1, 0.15) is 5.69 Å². The van der Waals surface area contributed by atoms with E-state index in [1.165, 1.54) is 43.4 Å². The number of halogens is 1. The maximum absolute atomic E-state index is 12.8. The molecule has 1 amide bonds. The normalized spacial score (nSPS) is 34.8. The Morgan fingerprint density at radius 3 is 2.73 bits per heavy atom. The van der Waals surface area contributed by atoms with Crippen LogP contribution in [0.15, 0.2) is 29.8 Å². The summed E-state index contributed by atoms with van der Waals surface area (Å²) >= 11 is 5.50. The molecule has 2 aromatic heterocycles. The molecule has 4 bridgehead atoms. The highest BCUT2D eigenvalue weighted by atomic mass is 79.9. The Balaban J connectivity index is 1.28. The maximum Gasteiger partial charge on any atom is 0.226 e. The number of hydrogen-bond donors (Lipinski definition) is 1. The summed E-state index contributed by atoms with van der Waals surface area (Å²) in [5, 5.41) is 5.67. The van der Waals surface area contributed by atoms with E-state index < -0.39 is 0 Å². The minimum Gasteiger partial charge on any atom is -0.302 e. The van der Waals surface area contributed by atoms with E-state index in [0.29, 0.717) is 15.9 Å². The van der Waals surface area contributed by atoms with Gasteiger partial charge in [0.05, 0.1) is 5.69 Å². The Morgan fingerprint density at radius 1 is 1.23 bits per heavy atom. The van der Waals surface area contributed by atoms with Gasteiger partial charge in [-0.3, -0.25) is 9.78 Å². The van der Waals surface area contributed by atoms with Gasteiger partial charge in [-0.1, -0.05) is 22.0 Å². The van der Waals surface area contributed by atoms with Crippen LogP contribution >= 0.6 is 27.3 Å². The Morgan fingerprint density at radius 2 is 2.04 bits per heavy atom. The first-order valence-corrected chi connectivity index (χ1v) is 11.0. The van der Waals surface area contributed by atoms with Crippen molar-refractivity contribution in [3.05, 3.63) is 29.8 Å². The Kier molecular flexibility index (Phi) is 3.98. The number of carbonyl (C=O) groups is 1. The summed E-state index contributed by atoms with van der Waals surface area (Å²) in [4.78, 5) is 21.6. The molecule has 4 aliphatic carbocycles. The van der Waals surface area contributed by atoms with E-state index in [1.54, 1.807) is 6.20 Å². The predicted octanol–water partition coefficient (Wildman–Crippen LogP) is 5.27. The van der Waals surface area contributed by atoms with E-state index in [-0.39, 0.29) is 11.3 Å². The van der Waals surface area contributed by atoms with Gasteiger partial charge >= 0.3 is 0 Å². The molecule has 6 rings (SSSR count). The van der Waals surface area contributed by atoms with Crippen molar-refractivity contribution in [2.75, 3.05) is 5.32 Å². The fourth-order valence-electron chi connectivity index (χ4n) is 6.01. The highest BCUT2D eigenvalue weighted by Crippen LogP contribution is 2.65. The van der Waals surface area contributed by atoms with Crippen LogP contribution in [0.25, 0.3) is 11.4 Å². The number of pyridine rings is 1. The van der Waals surface area contributed by atoms with Gasteiger partial charge in [-0.05, 0) is 67.9 Å². The third-order valence-corrected chi connectivity index (χ3v) is 8.01. The van der Waals surface area contributed by atoms with Crippen LogP contribution < -0.4 is 5.32 Å². The van der Waals surface area contributed by atoms with E-state index in [0.717, 1.165) is 29.6 Å². The highest BCUT2D eigenvalue weighted by molar-refractivity contribution is 9.10. The largest absolute Gasteiger partial charge is 0.302 e. The molecule has 2 unspecified atom stereocenters. The molecule has 6 heteroatoms. The Labute approximate surface area is 166 Å². The van der Waals surface area contributed by atoms with Gasteiger partial charge < -0.3 is 5.32 Å². The Bertz CT molecular complexity index is 823. The van der Waals surface area contributed by atoms with E-state index in [9.17, 15) is 4.79 Å². The summed E-state index contributed by atoms with van der Waals surface area (Å²) in [5.41, 5.74) is 1.85. The predicted molar refractivity (Wildman–Crippen MR) is 107 cm³/mol. The van der Waals surface area contributed by atoms with E-state index in [2.05, 4.69) is 31.2 Å². The third-order valence-electron chi connectivity index (χ3n) is 6.32. The molecule has 2 atom stereocenters. The molecule has 0 aromatic carbocycles. The number of amides is 1. The van der Waals surface area contributed by atoms with Crippen LogP contribution in [-0.4, -0.2) is 20.2 Å². The molecule has 0 spiro atoms. The van der Waals surface area contributed by atoms with Crippen molar-refractivity contribution in [2.24, 2.45) is 17.3 Å². The first-order valence-electron chi connectivity index (χ1n) is 9.37. The molecule has 4 aliphatic rings. The standard InChI is InChI=1S/C20H22BrN3OS/c21-20-8-13-5-14(9-20)7-19(6-13,12-20)10-17(25)24-18-23-16(11-26-18)15-3-1-2-4-22-15/h1-4,11,13-14H,5-10,12H2,(H,23,24,25). The molecular formula is C20H22BrN3OS. The first kappa shape index (κ1) is 16.9. The number of nitrogens with zero attached hydrogens (tertiary/aromatic N) is 2. The number of hydrogen-bond acceptors (Lipinski definition) is 4. The Hall–Kier alpha value is -1.27. The van der Waals surface area contributed by atoms with E-state index in [4.69, 9.17) is 0 Å². The van der Waals surface area contributed by atoms with Gasteiger partial charge in [-0.25, -0.2) is 4.98 Å². The first-order chi connectivity index (χ1) is 12.5. The van der Waals surface area contributed by atoms with Crippen LogP contribution in [-0.2, 0) is 4.79 Å². The number of rotatable bonds is 4. The zero-order valence-corrected chi connectivity index (χ0v) is 17.0. The lowest BCUT2D eigenvalue weighted by Gasteiger charge is -2.60. The fraction of sp³-hybridized carbons (Fsp3) is 0.550. The number of thiazole rings is 1. The van der Waals surface area contributed by atoms with Gasteiger partial charge in [0, 0.05) is 22.3 Å². The zero-order valence-electron chi connectivity index (χ0n) is 14.6. The summed E-state index contributed by atoms with van der Waals surface area (Å²) in [7, 11) is 0.